The van der Waals surface area contributed by atoms with Crippen molar-refractivity contribution in [3.63, 3.8) is 0 Å². The second kappa shape index (κ2) is 6.50. The van der Waals surface area contributed by atoms with E-state index in [4.69, 9.17) is 18.0 Å². The molecule has 0 saturated carbocycles. The third-order valence-electron chi connectivity index (χ3n) is 3.12. The fraction of sp³-hybridized carbons (Fsp3) is 0.429. The topological polar surface area (TPSA) is 46.3 Å². The molecule has 0 fully saturated rings. The monoisotopic (exact) mass is 264 g/mol. The number of carbonyl (C=O) groups excluding carboxylic acids is 1. The van der Waals surface area contributed by atoms with Crippen molar-refractivity contribution < 1.29 is 4.79 Å². The van der Waals surface area contributed by atoms with E-state index >= 15 is 0 Å². The van der Waals surface area contributed by atoms with Crippen LogP contribution < -0.4 is 10.6 Å². The Balaban J connectivity index is 2.93. The molecule has 1 unspecified atom stereocenters. The van der Waals surface area contributed by atoms with Crippen LogP contribution >= 0.6 is 12.2 Å². The van der Waals surface area contributed by atoms with Gasteiger partial charge in [0.1, 0.15) is 4.99 Å². The van der Waals surface area contributed by atoms with Crippen LogP contribution in [-0.4, -0.2) is 17.9 Å². The molecule has 0 aliphatic carbocycles. The molecule has 0 aliphatic rings. The molecule has 1 rings (SSSR count). The maximum absolute atomic E-state index is 12.1. The Bertz CT molecular complexity index is 445. The van der Waals surface area contributed by atoms with Crippen molar-refractivity contribution in [1.82, 2.24) is 0 Å². The lowest BCUT2D eigenvalue weighted by Gasteiger charge is -2.21. The zero-order valence-electron chi connectivity index (χ0n) is 11.1. The number of nitrogens with two attached hydrogens (primary N) is 1. The first-order valence-corrected chi connectivity index (χ1v) is 6.53. The maximum atomic E-state index is 12.1. The number of thiocarbonyl (C=S) groups is 1. The first-order valence-electron chi connectivity index (χ1n) is 6.12. The van der Waals surface area contributed by atoms with E-state index in [-0.39, 0.29) is 5.91 Å². The minimum atomic E-state index is 0.0908. The Morgan fingerprint density at radius 1 is 1.44 bits per heavy atom. The molecule has 0 heterocycles. The van der Waals surface area contributed by atoms with Crippen molar-refractivity contribution in [1.29, 1.82) is 0 Å². The second-order valence-corrected chi connectivity index (χ2v) is 4.99. The lowest BCUT2D eigenvalue weighted by Crippen LogP contribution is -2.29. The molecular formula is C14H20N2OS. The first kappa shape index (κ1) is 14.6. The Morgan fingerprint density at radius 2 is 2.06 bits per heavy atom. The molecule has 1 amide bonds. The molecule has 0 radical (unpaired) electrons. The molecule has 1 atom stereocenters. The van der Waals surface area contributed by atoms with Gasteiger partial charge in [0.05, 0.1) is 5.69 Å². The molecule has 3 nitrogen and oxygen atoms in total. The summed E-state index contributed by atoms with van der Waals surface area (Å²) < 4.78 is 0. The van der Waals surface area contributed by atoms with Crippen LogP contribution in [0.15, 0.2) is 24.3 Å². The van der Waals surface area contributed by atoms with Gasteiger partial charge in [0.2, 0.25) is 5.91 Å². The highest BCUT2D eigenvalue weighted by atomic mass is 32.1. The van der Waals surface area contributed by atoms with E-state index in [1.807, 2.05) is 24.3 Å². The van der Waals surface area contributed by atoms with Crippen molar-refractivity contribution in [3.05, 3.63) is 29.8 Å². The molecule has 98 valence electrons. The lowest BCUT2D eigenvalue weighted by molar-refractivity contribution is -0.119. The Morgan fingerprint density at radius 3 is 2.61 bits per heavy atom. The predicted molar refractivity (Wildman–Crippen MR) is 79.8 cm³/mol. The summed E-state index contributed by atoms with van der Waals surface area (Å²) in [5, 5.41) is 0. The van der Waals surface area contributed by atoms with Gasteiger partial charge in [-0.15, -0.1) is 0 Å². The summed E-state index contributed by atoms with van der Waals surface area (Å²) in [4.78, 5) is 14.1. The Kier molecular flexibility index (Phi) is 5.28. The van der Waals surface area contributed by atoms with E-state index in [0.717, 1.165) is 17.7 Å². The van der Waals surface area contributed by atoms with Crippen molar-refractivity contribution in [3.8, 4) is 0 Å². The first-order chi connectivity index (χ1) is 8.47. The Hall–Kier alpha value is -1.42. The fourth-order valence-corrected chi connectivity index (χ4v) is 1.86. The van der Waals surface area contributed by atoms with Gasteiger partial charge in [0.15, 0.2) is 0 Å². The molecule has 0 aromatic heterocycles. The normalized spacial score (nSPS) is 11.9. The van der Waals surface area contributed by atoms with E-state index in [1.54, 1.807) is 11.9 Å². The molecule has 0 bridgehead atoms. The number of nitrogens with zero attached hydrogens (tertiary/aromatic N) is 1. The van der Waals surface area contributed by atoms with E-state index in [0.29, 0.717) is 17.3 Å². The molecule has 1 aromatic rings. The van der Waals surface area contributed by atoms with Gasteiger partial charge in [-0.2, -0.15) is 0 Å². The van der Waals surface area contributed by atoms with Crippen LogP contribution in [0.4, 0.5) is 5.69 Å². The summed E-state index contributed by atoms with van der Waals surface area (Å²) in [6.07, 6.45) is 1.54. The smallest absolute Gasteiger partial charge is 0.227 e. The van der Waals surface area contributed by atoms with Crippen LogP contribution in [0.1, 0.15) is 32.3 Å². The average Bonchev–Trinajstić information content (AvgIpc) is 2.37. The summed E-state index contributed by atoms with van der Waals surface area (Å²) in [6, 6.07) is 7.45. The van der Waals surface area contributed by atoms with Crippen LogP contribution in [0.5, 0.6) is 0 Å². The van der Waals surface area contributed by atoms with Crippen LogP contribution in [-0.2, 0) is 4.79 Å². The SMILES string of the molecule is CCC(C)CC(=O)N(C)c1ccccc1C(N)=S. The number of anilines is 1. The molecule has 0 saturated heterocycles. The molecule has 0 aliphatic heterocycles. The quantitative estimate of drug-likeness (QED) is 0.832. The third kappa shape index (κ3) is 3.53. The van der Waals surface area contributed by atoms with Gasteiger partial charge in [-0.05, 0) is 18.1 Å². The molecule has 2 N–H and O–H groups in total. The number of rotatable bonds is 5. The van der Waals surface area contributed by atoms with Crippen LogP contribution in [0.25, 0.3) is 0 Å². The van der Waals surface area contributed by atoms with Crippen LogP contribution in [0, 0.1) is 5.92 Å². The number of hydrogen-bond donors (Lipinski definition) is 1. The van der Waals surface area contributed by atoms with Crippen molar-refractivity contribution in [2.45, 2.75) is 26.7 Å². The van der Waals surface area contributed by atoms with E-state index in [2.05, 4.69) is 13.8 Å². The zero-order chi connectivity index (χ0) is 13.7. The average molecular weight is 264 g/mol. The Labute approximate surface area is 114 Å². The minimum Gasteiger partial charge on any atom is -0.389 e. The van der Waals surface area contributed by atoms with Gasteiger partial charge in [-0.25, -0.2) is 0 Å². The third-order valence-corrected chi connectivity index (χ3v) is 3.34. The largest absolute Gasteiger partial charge is 0.389 e. The van der Waals surface area contributed by atoms with Crippen molar-refractivity contribution in [2.24, 2.45) is 11.7 Å². The predicted octanol–water partition coefficient (Wildman–Crippen LogP) is 2.72. The summed E-state index contributed by atoms with van der Waals surface area (Å²) in [6.45, 7) is 4.16. The van der Waals surface area contributed by atoms with E-state index in [1.165, 1.54) is 0 Å². The molecule has 4 heteroatoms. The van der Waals surface area contributed by atoms with E-state index in [9.17, 15) is 4.79 Å². The summed E-state index contributed by atoms with van der Waals surface area (Å²) >= 11 is 5.01. The fourth-order valence-electron chi connectivity index (χ4n) is 1.69. The van der Waals surface area contributed by atoms with Gasteiger partial charge >= 0.3 is 0 Å². The summed E-state index contributed by atoms with van der Waals surface area (Å²) in [7, 11) is 1.77. The summed E-state index contributed by atoms with van der Waals surface area (Å²) in [5.41, 5.74) is 7.19. The molecule has 18 heavy (non-hydrogen) atoms. The number of para-hydroxylation sites is 1. The van der Waals surface area contributed by atoms with Gasteiger partial charge in [-0.3, -0.25) is 4.79 Å². The molecule has 0 spiro atoms. The van der Waals surface area contributed by atoms with Crippen LogP contribution in [0.2, 0.25) is 0 Å². The number of hydrogen-bond acceptors (Lipinski definition) is 2. The maximum Gasteiger partial charge on any atom is 0.227 e. The molecule has 1 aromatic carbocycles. The zero-order valence-corrected chi connectivity index (χ0v) is 12.0. The molecular weight excluding hydrogens is 244 g/mol. The number of benzene rings is 1. The second-order valence-electron chi connectivity index (χ2n) is 4.55. The van der Waals surface area contributed by atoms with Crippen molar-refractivity contribution in [2.75, 3.05) is 11.9 Å². The lowest BCUT2D eigenvalue weighted by atomic mass is 10.0. The van der Waals surface area contributed by atoms with Crippen molar-refractivity contribution >= 4 is 28.8 Å². The van der Waals surface area contributed by atoms with Gasteiger partial charge in [0, 0.05) is 19.0 Å². The van der Waals surface area contributed by atoms with Gasteiger partial charge in [-0.1, -0.05) is 44.6 Å². The number of amides is 1. The highest BCUT2D eigenvalue weighted by molar-refractivity contribution is 7.80. The minimum absolute atomic E-state index is 0.0908. The summed E-state index contributed by atoms with van der Waals surface area (Å²) in [5.74, 6) is 0.477. The highest BCUT2D eigenvalue weighted by Crippen LogP contribution is 2.21. The standard InChI is InChI=1S/C14H20N2OS/c1-4-10(2)9-13(17)16(3)12-8-6-5-7-11(12)14(15)18/h5-8,10H,4,9H2,1-3H3,(H2,15,18). The van der Waals surface area contributed by atoms with E-state index < -0.39 is 0 Å². The van der Waals surface area contributed by atoms with Gasteiger partial charge in [0.25, 0.3) is 0 Å². The van der Waals surface area contributed by atoms with Crippen LogP contribution in [0.3, 0.4) is 0 Å². The highest BCUT2D eigenvalue weighted by Gasteiger charge is 2.17. The number of carbonyl (C=O) groups is 1. The van der Waals surface area contributed by atoms with Gasteiger partial charge < -0.3 is 10.6 Å².